The second kappa shape index (κ2) is 5.24. The van der Waals surface area contributed by atoms with Gasteiger partial charge in [-0.1, -0.05) is 13.0 Å². The number of benzene rings is 2. The summed E-state index contributed by atoms with van der Waals surface area (Å²) in [5, 5.41) is 49.5. The molecule has 0 fully saturated rings. The van der Waals surface area contributed by atoms with Gasteiger partial charge in [-0.2, -0.15) is 0 Å². The molecule has 2 aromatic carbocycles. The molecule has 122 valence electrons. The normalized spacial score (nSPS) is 23.2. The SMILES string of the molecule is Cc1c(O)cc(O)c2c1O[C@H](c1ccc(O)c(O)c1)[C@H](O)C2C. The molecule has 23 heavy (non-hydrogen) atoms. The summed E-state index contributed by atoms with van der Waals surface area (Å²) in [4.78, 5) is 0. The number of rotatable bonds is 1. The maximum Gasteiger partial charge on any atom is 0.157 e. The molecular formula is C17H18O6. The van der Waals surface area contributed by atoms with E-state index in [2.05, 4.69) is 0 Å². The minimum Gasteiger partial charge on any atom is -0.507 e. The number of ether oxygens (including phenoxy) is 1. The van der Waals surface area contributed by atoms with E-state index in [-0.39, 0.29) is 23.0 Å². The fourth-order valence-corrected chi connectivity index (χ4v) is 2.95. The summed E-state index contributed by atoms with van der Waals surface area (Å²) >= 11 is 0. The van der Waals surface area contributed by atoms with Gasteiger partial charge in [0.25, 0.3) is 0 Å². The highest BCUT2D eigenvalue weighted by atomic mass is 16.5. The lowest BCUT2D eigenvalue weighted by atomic mass is 9.84. The lowest BCUT2D eigenvalue weighted by Crippen LogP contribution is -2.33. The van der Waals surface area contributed by atoms with Gasteiger partial charge in [0.1, 0.15) is 23.4 Å². The lowest BCUT2D eigenvalue weighted by Gasteiger charge is -2.36. The van der Waals surface area contributed by atoms with Crippen molar-refractivity contribution in [3.05, 3.63) is 41.0 Å². The second-order valence-corrected chi connectivity index (χ2v) is 5.85. The molecular weight excluding hydrogens is 300 g/mol. The van der Waals surface area contributed by atoms with E-state index in [1.807, 2.05) is 0 Å². The molecule has 6 nitrogen and oxygen atoms in total. The number of fused-ring (bicyclic) bond motifs is 1. The van der Waals surface area contributed by atoms with Crippen molar-refractivity contribution in [3.8, 4) is 28.7 Å². The Morgan fingerprint density at radius 1 is 0.913 bits per heavy atom. The van der Waals surface area contributed by atoms with Crippen LogP contribution in [-0.2, 0) is 0 Å². The van der Waals surface area contributed by atoms with Gasteiger partial charge in [0.2, 0.25) is 0 Å². The molecule has 0 saturated heterocycles. The van der Waals surface area contributed by atoms with Gasteiger partial charge in [-0.25, -0.2) is 0 Å². The van der Waals surface area contributed by atoms with Crippen LogP contribution in [0.3, 0.4) is 0 Å². The van der Waals surface area contributed by atoms with Crippen LogP contribution < -0.4 is 4.74 Å². The van der Waals surface area contributed by atoms with Gasteiger partial charge in [-0.05, 0) is 24.6 Å². The van der Waals surface area contributed by atoms with Crippen LogP contribution in [-0.4, -0.2) is 31.6 Å². The Hall–Kier alpha value is -2.60. The zero-order chi connectivity index (χ0) is 16.9. The highest BCUT2D eigenvalue weighted by Crippen LogP contribution is 2.50. The van der Waals surface area contributed by atoms with Gasteiger partial charge in [-0.3, -0.25) is 0 Å². The van der Waals surface area contributed by atoms with Crippen molar-refractivity contribution < 1.29 is 30.3 Å². The van der Waals surface area contributed by atoms with Crippen LogP contribution in [0.2, 0.25) is 0 Å². The highest BCUT2D eigenvalue weighted by molar-refractivity contribution is 5.59. The first-order valence-corrected chi connectivity index (χ1v) is 7.23. The zero-order valence-electron chi connectivity index (χ0n) is 12.7. The largest absolute Gasteiger partial charge is 0.507 e. The Balaban J connectivity index is 2.12. The number of phenolic OH excluding ortho intramolecular Hbond substituents is 4. The molecule has 0 aromatic heterocycles. The first-order chi connectivity index (χ1) is 10.8. The average molecular weight is 318 g/mol. The van der Waals surface area contributed by atoms with E-state index in [9.17, 15) is 25.5 Å². The van der Waals surface area contributed by atoms with Crippen LogP contribution in [0.25, 0.3) is 0 Å². The van der Waals surface area contributed by atoms with Crippen LogP contribution in [0.1, 0.15) is 35.6 Å². The lowest BCUT2D eigenvalue weighted by molar-refractivity contribution is 0.00214. The van der Waals surface area contributed by atoms with Gasteiger partial charge in [-0.15, -0.1) is 0 Å². The molecule has 0 amide bonds. The van der Waals surface area contributed by atoms with Crippen LogP contribution in [0.5, 0.6) is 28.7 Å². The van der Waals surface area contributed by atoms with Gasteiger partial charge >= 0.3 is 0 Å². The van der Waals surface area contributed by atoms with Crippen molar-refractivity contribution in [1.29, 1.82) is 0 Å². The fraction of sp³-hybridized carbons (Fsp3) is 0.294. The van der Waals surface area contributed by atoms with Crippen molar-refractivity contribution in [1.82, 2.24) is 0 Å². The van der Waals surface area contributed by atoms with Gasteiger partial charge in [0.15, 0.2) is 17.6 Å². The molecule has 0 spiro atoms. The zero-order valence-corrected chi connectivity index (χ0v) is 12.7. The first kappa shape index (κ1) is 15.3. The summed E-state index contributed by atoms with van der Waals surface area (Å²) in [5.41, 5.74) is 1.38. The van der Waals surface area contributed by atoms with Crippen molar-refractivity contribution in [2.24, 2.45) is 0 Å². The third-order valence-corrected chi connectivity index (χ3v) is 4.37. The molecule has 3 rings (SSSR count). The Morgan fingerprint density at radius 3 is 2.26 bits per heavy atom. The smallest absolute Gasteiger partial charge is 0.157 e. The van der Waals surface area contributed by atoms with Crippen molar-refractivity contribution >= 4 is 0 Å². The summed E-state index contributed by atoms with van der Waals surface area (Å²) in [5.74, 6) is -0.943. The average Bonchev–Trinajstić information content (AvgIpc) is 2.50. The minimum absolute atomic E-state index is 0.0999. The molecule has 1 aliphatic heterocycles. The number of aromatic hydroxyl groups is 4. The van der Waals surface area contributed by atoms with E-state index in [1.54, 1.807) is 19.9 Å². The summed E-state index contributed by atoms with van der Waals surface area (Å²) in [6.07, 6.45) is -1.77. The first-order valence-electron chi connectivity index (χ1n) is 7.23. The summed E-state index contributed by atoms with van der Waals surface area (Å²) < 4.78 is 5.83. The quantitative estimate of drug-likeness (QED) is 0.517. The van der Waals surface area contributed by atoms with E-state index in [4.69, 9.17) is 4.74 Å². The molecule has 2 aromatic rings. The van der Waals surface area contributed by atoms with Crippen LogP contribution >= 0.6 is 0 Å². The van der Waals surface area contributed by atoms with E-state index < -0.39 is 18.1 Å². The Labute approximate surface area is 132 Å². The van der Waals surface area contributed by atoms with E-state index >= 15 is 0 Å². The van der Waals surface area contributed by atoms with Crippen LogP contribution in [0, 0.1) is 6.92 Å². The molecule has 1 heterocycles. The standard InChI is InChI=1S/C17H18O6/c1-7-11(19)6-13(21)14-8(2)15(22)17(23-16(7)14)9-3-4-10(18)12(20)5-9/h3-6,8,15,17-22H,1-2H3/t8?,15-,17-/m1/s1. The molecule has 0 aliphatic carbocycles. The highest BCUT2D eigenvalue weighted by Gasteiger charge is 2.39. The Bertz CT molecular complexity index is 770. The molecule has 6 heteroatoms. The molecule has 0 radical (unpaired) electrons. The number of hydrogen-bond acceptors (Lipinski definition) is 6. The predicted molar refractivity (Wildman–Crippen MR) is 82.1 cm³/mol. The topological polar surface area (TPSA) is 110 Å². The number of hydrogen-bond donors (Lipinski definition) is 5. The molecule has 0 bridgehead atoms. The van der Waals surface area contributed by atoms with E-state index in [0.29, 0.717) is 22.4 Å². The third kappa shape index (κ3) is 2.31. The number of aliphatic hydroxyl groups is 1. The van der Waals surface area contributed by atoms with E-state index in [1.165, 1.54) is 18.2 Å². The fourth-order valence-electron chi connectivity index (χ4n) is 2.95. The van der Waals surface area contributed by atoms with Crippen molar-refractivity contribution in [3.63, 3.8) is 0 Å². The van der Waals surface area contributed by atoms with Gasteiger partial charge in [0, 0.05) is 23.1 Å². The van der Waals surface area contributed by atoms with Crippen molar-refractivity contribution in [2.75, 3.05) is 0 Å². The summed E-state index contributed by atoms with van der Waals surface area (Å²) in [7, 11) is 0. The summed E-state index contributed by atoms with van der Waals surface area (Å²) in [6, 6.07) is 5.40. The van der Waals surface area contributed by atoms with Crippen LogP contribution in [0.15, 0.2) is 24.3 Å². The monoisotopic (exact) mass is 318 g/mol. The number of aliphatic hydroxyl groups excluding tert-OH is 1. The molecule has 3 atom stereocenters. The van der Waals surface area contributed by atoms with E-state index in [0.717, 1.165) is 0 Å². The Morgan fingerprint density at radius 2 is 1.61 bits per heavy atom. The molecule has 0 saturated carbocycles. The van der Waals surface area contributed by atoms with Crippen molar-refractivity contribution in [2.45, 2.75) is 32.0 Å². The Kier molecular flexibility index (Phi) is 3.49. The number of phenols is 4. The maximum atomic E-state index is 10.5. The summed E-state index contributed by atoms with van der Waals surface area (Å²) in [6.45, 7) is 3.40. The molecule has 5 N–H and O–H groups in total. The van der Waals surface area contributed by atoms with Gasteiger partial charge in [0.05, 0.1) is 0 Å². The molecule has 1 aliphatic rings. The maximum absolute atomic E-state index is 10.5. The van der Waals surface area contributed by atoms with Crippen LogP contribution in [0.4, 0.5) is 0 Å². The molecule has 1 unspecified atom stereocenters. The van der Waals surface area contributed by atoms with Gasteiger partial charge < -0.3 is 30.3 Å². The predicted octanol–water partition coefficient (Wildman–Crippen LogP) is 2.42. The second-order valence-electron chi connectivity index (χ2n) is 5.85. The minimum atomic E-state index is -0.971. The third-order valence-electron chi connectivity index (χ3n) is 4.37.